The van der Waals surface area contributed by atoms with E-state index in [1.54, 1.807) is 18.0 Å². The van der Waals surface area contributed by atoms with Crippen molar-refractivity contribution in [1.82, 2.24) is 10.2 Å². The van der Waals surface area contributed by atoms with Crippen LogP contribution >= 0.6 is 23.5 Å². The zero-order chi connectivity index (χ0) is 11.1. The molecule has 0 N–H and O–H groups in total. The molecule has 0 fully saturated rings. The van der Waals surface area contributed by atoms with Gasteiger partial charge in [0, 0.05) is 13.3 Å². The van der Waals surface area contributed by atoms with Gasteiger partial charge in [0.1, 0.15) is 0 Å². The summed E-state index contributed by atoms with van der Waals surface area (Å²) in [6.07, 6.45) is 1.98. The Kier molecular flexibility index (Phi) is 6.66. The third-order valence-electron chi connectivity index (χ3n) is 1.50. The first-order chi connectivity index (χ1) is 6.65. The Balaban J connectivity index is 0.000000791. The number of anilines is 1. The number of aryl methyl sites for hydroxylation is 1. The minimum absolute atomic E-state index is 0.436. The summed E-state index contributed by atoms with van der Waals surface area (Å²) in [5, 5.41) is 8.18. The van der Waals surface area contributed by atoms with Gasteiger partial charge in [-0.05, 0) is 18.6 Å². The maximum Gasteiger partial charge on any atom is 0.163 e. The molecule has 0 spiro atoms. The standard InChI is InChI=1S/C7H10ClN3S.C2H6/c1-5-4-6(8)9-10-7(5)11(2)12-3;1-2/h4H,1-3H3;1-2H3. The molecule has 0 amide bonds. The van der Waals surface area contributed by atoms with Gasteiger partial charge in [0.2, 0.25) is 0 Å². The second-order valence-corrected chi connectivity index (χ2v) is 3.65. The Labute approximate surface area is 95.0 Å². The van der Waals surface area contributed by atoms with Crippen LogP contribution in [0.1, 0.15) is 19.4 Å². The van der Waals surface area contributed by atoms with E-state index >= 15 is 0 Å². The lowest BCUT2D eigenvalue weighted by molar-refractivity contribution is 0.997. The third-order valence-corrected chi connectivity index (χ3v) is 2.41. The highest BCUT2D eigenvalue weighted by Gasteiger charge is 2.05. The van der Waals surface area contributed by atoms with Gasteiger partial charge < -0.3 is 4.31 Å². The van der Waals surface area contributed by atoms with Crippen LogP contribution in [-0.4, -0.2) is 23.5 Å². The molecule has 0 bridgehead atoms. The van der Waals surface area contributed by atoms with E-state index < -0.39 is 0 Å². The summed E-state index contributed by atoms with van der Waals surface area (Å²) < 4.78 is 1.94. The molecule has 1 heterocycles. The summed E-state index contributed by atoms with van der Waals surface area (Å²) >= 11 is 7.25. The lowest BCUT2D eigenvalue weighted by atomic mass is 10.3. The van der Waals surface area contributed by atoms with Gasteiger partial charge in [0.15, 0.2) is 11.0 Å². The van der Waals surface area contributed by atoms with Crippen LogP contribution in [0.25, 0.3) is 0 Å². The van der Waals surface area contributed by atoms with Gasteiger partial charge in [-0.15, -0.1) is 10.2 Å². The van der Waals surface area contributed by atoms with Crippen LogP contribution in [0.15, 0.2) is 6.07 Å². The van der Waals surface area contributed by atoms with Crippen molar-refractivity contribution in [3.05, 3.63) is 16.8 Å². The van der Waals surface area contributed by atoms with Crippen molar-refractivity contribution >= 4 is 29.4 Å². The van der Waals surface area contributed by atoms with Gasteiger partial charge in [0.05, 0.1) is 0 Å². The lowest BCUT2D eigenvalue weighted by Gasteiger charge is -2.14. The molecule has 0 aromatic carbocycles. The largest absolute Gasteiger partial charge is 0.302 e. The molecule has 5 heteroatoms. The van der Waals surface area contributed by atoms with Crippen LogP contribution in [0.2, 0.25) is 5.15 Å². The van der Waals surface area contributed by atoms with E-state index in [-0.39, 0.29) is 0 Å². The van der Waals surface area contributed by atoms with Crippen LogP contribution in [-0.2, 0) is 0 Å². The predicted octanol–water partition coefficient (Wildman–Crippen LogP) is 3.18. The number of aromatic nitrogens is 2. The molecule has 0 radical (unpaired) electrons. The van der Waals surface area contributed by atoms with E-state index in [1.165, 1.54) is 0 Å². The monoisotopic (exact) mass is 233 g/mol. The van der Waals surface area contributed by atoms with Crippen molar-refractivity contribution in [2.45, 2.75) is 20.8 Å². The van der Waals surface area contributed by atoms with Gasteiger partial charge in [-0.1, -0.05) is 37.4 Å². The first-order valence-corrected chi connectivity index (χ1v) is 5.98. The number of hydrogen-bond donors (Lipinski definition) is 0. The van der Waals surface area contributed by atoms with Crippen molar-refractivity contribution in [2.24, 2.45) is 0 Å². The van der Waals surface area contributed by atoms with E-state index in [0.29, 0.717) is 5.15 Å². The maximum atomic E-state index is 5.67. The summed E-state index contributed by atoms with van der Waals surface area (Å²) in [6, 6.07) is 1.80. The fraction of sp³-hybridized carbons (Fsp3) is 0.556. The second-order valence-electron chi connectivity index (χ2n) is 2.35. The summed E-state index contributed by atoms with van der Waals surface area (Å²) in [7, 11) is 1.94. The summed E-state index contributed by atoms with van der Waals surface area (Å²) in [5.41, 5.74) is 1.03. The first-order valence-electron chi connectivity index (χ1n) is 4.43. The van der Waals surface area contributed by atoms with Gasteiger partial charge in [-0.25, -0.2) is 0 Å². The van der Waals surface area contributed by atoms with Crippen LogP contribution < -0.4 is 4.31 Å². The van der Waals surface area contributed by atoms with E-state index in [4.69, 9.17) is 11.6 Å². The van der Waals surface area contributed by atoms with E-state index in [0.717, 1.165) is 11.4 Å². The molecule has 1 aromatic rings. The number of nitrogens with zero attached hydrogens (tertiary/aromatic N) is 3. The molecule has 1 rings (SSSR count). The zero-order valence-electron chi connectivity index (χ0n) is 9.21. The molecular weight excluding hydrogens is 218 g/mol. The van der Waals surface area contributed by atoms with E-state index in [1.807, 2.05) is 38.4 Å². The fourth-order valence-electron chi connectivity index (χ4n) is 0.844. The smallest absolute Gasteiger partial charge is 0.163 e. The molecule has 1 aromatic heterocycles. The van der Waals surface area contributed by atoms with Crippen molar-refractivity contribution < 1.29 is 0 Å². The average Bonchev–Trinajstić information content (AvgIpc) is 2.20. The van der Waals surface area contributed by atoms with Gasteiger partial charge >= 0.3 is 0 Å². The molecular formula is C9H16ClN3S. The Morgan fingerprint density at radius 1 is 1.36 bits per heavy atom. The van der Waals surface area contributed by atoms with Crippen LogP contribution in [0.4, 0.5) is 5.82 Å². The number of hydrogen-bond acceptors (Lipinski definition) is 4. The third kappa shape index (κ3) is 3.72. The van der Waals surface area contributed by atoms with Crippen LogP contribution in [0.5, 0.6) is 0 Å². The highest BCUT2D eigenvalue weighted by atomic mass is 35.5. The van der Waals surface area contributed by atoms with Gasteiger partial charge in [-0.3, -0.25) is 0 Å². The molecule has 0 saturated carbocycles. The maximum absolute atomic E-state index is 5.67. The molecule has 0 atom stereocenters. The topological polar surface area (TPSA) is 29.0 Å². The molecule has 0 aliphatic rings. The summed E-state index contributed by atoms with van der Waals surface area (Å²) in [6.45, 7) is 5.96. The minimum Gasteiger partial charge on any atom is -0.302 e. The van der Waals surface area contributed by atoms with Crippen molar-refractivity contribution in [1.29, 1.82) is 0 Å². The molecule has 0 aliphatic carbocycles. The lowest BCUT2D eigenvalue weighted by Crippen LogP contribution is -2.09. The molecule has 3 nitrogen and oxygen atoms in total. The summed E-state index contributed by atoms with van der Waals surface area (Å²) in [4.78, 5) is 0. The van der Waals surface area contributed by atoms with Gasteiger partial charge in [-0.2, -0.15) is 0 Å². The highest BCUT2D eigenvalue weighted by molar-refractivity contribution is 7.99. The normalized spacial score (nSPS) is 9.00. The van der Waals surface area contributed by atoms with Crippen LogP contribution in [0.3, 0.4) is 0 Å². The Morgan fingerprint density at radius 2 is 1.93 bits per heavy atom. The zero-order valence-corrected chi connectivity index (χ0v) is 10.8. The molecule has 80 valence electrons. The number of rotatable bonds is 2. The SMILES string of the molecule is CC.CSN(C)c1nnc(Cl)cc1C. The Morgan fingerprint density at radius 3 is 2.36 bits per heavy atom. The predicted molar refractivity (Wildman–Crippen MR) is 65.0 cm³/mol. The van der Waals surface area contributed by atoms with Crippen molar-refractivity contribution in [3.63, 3.8) is 0 Å². The minimum atomic E-state index is 0.436. The Hall–Kier alpha value is -0.480. The molecule has 0 unspecified atom stereocenters. The number of halogens is 1. The highest BCUT2D eigenvalue weighted by Crippen LogP contribution is 2.20. The summed E-state index contributed by atoms with van der Waals surface area (Å²) in [5.74, 6) is 0.854. The van der Waals surface area contributed by atoms with E-state index in [2.05, 4.69) is 10.2 Å². The molecule has 0 aliphatic heterocycles. The van der Waals surface area contributed by atoms with Crippen LogP contribution in [0, 0.1) is 6.92 Å². The first kappa shape index (κ1) is 13.5. The quantitative estimate of drug-likeness (QED) is 0.734. The van der Waals surface area contributed by atoms with Gasteiger partial charge in [0.25, 0.3) is 0 Å². The second kappa shape index (κ2) is 6.90. The fourth-order valence-corrected chi connectivity index (χ4v) is 1.40. The van der Waals surface area contributed by atoms with E-state index in [9.17, 15) is 0 Å². The average molecular weight is 234 g/mol. The van der Waals surface area contributed by atoms with Crippen molar-refractivity contribution in [3.8, 4) is 0 Å². The van der Waals surface area contributed by atoms with Crippen molar-refractivity contribution in [2.75, 3.05) is 17.6 Å². The molecule has 0 saturated heterocycles. The molecule has 14 heavy (non-hydrogen) atoms. The Bertz CT molecular complexity index is 281.